The minimum Gasteiger partial charge on any atom is -0.368 e. The normalized spacial score (nSPS) is 14.3. The van der Waals surface area contributed by atoms with Gasteiger partial charge in [0.1, 0.15) is 0 Å². The molecule has 2 aromatic carbocycles. The Balaban J connectivity index is 1.41. The van der Waals surface area contributed by atoms with Crippen LogP contribution >= 0.6 is 11.6 Å². The maximum atomic E-state index is 11.5. The summed E-state index contributed by atoms with van der Waals surface area (Å²) in [7, 11) is 0. The fraction of sp³-hybridized carbons (Fsp3) is 0.231. The van der Waals surface area contributed by atoms with Gasteiger partial charge in [-0.2, -0.15) is 0 Å². The van der Waals surface area contributed by atoms with Crippen molar-refractivity contribution in [3.8, 4) is 0 Å². The van der Waals surface area contributed by atoms with Gasteiger partial charge in [0.2, 0.25) is 5.91 Å². The number of nitrogens with zero attached hydrogens (tertiary/aromatic N) is 3. The highest BCUT2D eigenvalue weighted by atomic mass is 35.5. The first-order valence-electron chi connectivity index (χ1n) is 10.5. The van der Waals surface area contributed by atoms with Crippen LogP contribution in [0.2, 0.25) is 5.02 Å². The first-order chi connectivity index (χ1) is 15.1. The van der Waals surface area contributed by atoms with E-state index in [1.165, 1.54) is 16.8 Å². The van der Waals surface area contributed by atoms with Crippen LogP contribution in [0.1, 0.15) is 29.2 Å². The van der Waals surface area contributed by atoms with Gasteiger partial charge in [-0.05, 0) is 59.0 Å². The number of pyridine rings is 1. The van der Waals surface area contributed by atoms with Crippen molar-refractivity contribution in [2.75, 3.05) is 31.1 Å². The van der Waals surface area contributed by atoms with Crippen LogP contribution in [0.5, 0.6) is 0 Å². The minimum atomic E-state index is 0.157. The second kappa shape index (κ2) is 9.80. The molecule has 0 unspecified atom stereocenters. The lowest BCUT2D eigenvalue weighted by molar-refractivity contribution is -0.129. The van der Waals surface area contributed by atoms with Gasteiger partial charge in [-0.3, -0.25) is 9.78 Å². The molecule has 0 spiro atoms. The van der Waals surface area contributed by atoms with E-state index in [0.29, 0.717) is 0 Å². The molecular weight excluding hydrogens is 406 g/mol. The molecule has 0 radical (unpaired) electrons. The Labute approximate surface area is 188 Å². The van der Waals surface area contributed by atoms with Crippen molar-refractivity contribution in [1.82, 2.24) is 9.88 Å². The number of benzene rings is 2. The summed E-state index contributed by atoms with van der Waals surface area (Å²) in [5, 5.41) is 0.737. The van der Waals surface area contributed by atoms with E-state index in [-0.39, 0.29) is 5.91 Å². The number of hydrogen-bond donors (Lipinski definition) is 0. The van der Waals surface area contributed by atoms with Gasteiger partial charge < -0.3 is 9.80 Å². The van der Waals surface area contributed by atoms with E-state index in [9.17, 15) is 4.79 Å². The fourth-order valence-electron chi connectivity index (χ4n) is 3.88. The number of amides is 1. The molecule has 1 amide bonds. The van der Waals surface area contributed by atoms with Gasteiger partial charge in [0.25, 0.3) is 0 Å². The fourth-order valence-corrected chi connectivity index (χ4v) is 4.15. The van der Waals surface area contributed by atoms with Crippen LogP contribution in [-0.4, -0.2) is 42.0 Å². The minimum absolute atomic E-state index is 0.157. The number of aromatic nitrogens is 1. The summed E-state index contributed by atoms with van der Waals surface area (Å²) in [5.74, 6) is 0.157. The molecule has 0 aliphatic carbocycles. The lowest BCUT2D eigenvalue weighted by atomic mass is 10.0. The van der Waals surface area contributed by atoms with Crippen molar-refractivity contribution in [2.45, 2.75) is 13.3 Å². The Morgan fingerprint density at radius 1 is 0.968 bits per heavy atom. The molecule has 31 heavy (non-hydrogen) atoms. The lowest BCUT2D eigenvalue weighted by Crippen LogP contribution is -2.48. The number of anilines is 1. The molecule has 0 bridgehead atoms. The van der Waals surface area contributed by atoms with E-state index in [0.717, 1.165) is 48.7 Å². The molecule has 1 fully saturated rings. The number of rotatable bonds is 5. The highest BCUT2D eigenvalue weighted by Gasteiger charge is 2.18. The number of halogens is 1. The molecule has 3 aromatic rings. The Hall–Kier alpha value is -3.11. The highest BCUT2D eigenvalue weighted by Crippen LogP contribution is 2.21. The Bertz CT molecular complexity index is 1060. The summed E-state index contributed by atoms with van der Waals surface area (Å²) in [6.07, 6.45) is 8.68. The molecule has 2 heterocycles. The zero-order valence-electron chi connectivity index (χ0n) is 17.7. The summed E-state index contributed by atoms with van der Waals surface area (Å²) in [5.41, 5.74) is 5.75. The molecule has 158 valence electrons. The zero-order chi connectivity index (χ0) is 21.6. The van der Waals surface area contributed by atoms with Crippen LogP contribution in [0.3, 0.4) is 0 Å². The molecule has 5 heteroatoms. The van der Waals surface area contributed by atoms with Crippen LogP contribution in [0.25, 0.3) is 12.2 Å². The average molecular weight is 432 g/mol. The quantitative estimate of drug-likeness (QED) is 0.523. The largest absolute Gasteiger partial charge is 0.368 e. The zero-order valence-corrected chi connectivity index (χ0v) is 18.4. The molecule has 0 saturated carbocycles. The van der Waals surface area contributed by atoms with E-state index in [2.05, 4.69) is 58.4 Å². The molecule has 4 rings (SSSR count). The third-order valence-electron chi connectivity index (χ3n) is 5.56. The first kappa shape index (κ1) is 21.1. The molecule has 1 saturated heterocycles. The summed E-state index contributed by atoms with van der Waals surface area (Å²) in [6.45, 7) is 4.95. The van der Waals surface area contributed by atoms with Gasteiger partial charge in [-0.1, -0.05) is 48.0 Å². The summed E-state index contributed by atoms with van der Waals surface area (Å²) < 4.78 is 0. The summed E-state index contributed by atoms with van der Waals surface area (Å²) >= 11 is 6.36. The maximum Gasteiger partial charge on any atom is 0.219 e. The van der Waals surface area contributed by atoms with E-state index in [4.69, 9.17) is 11.6 Å². The molecule has 1 aliphatic heterocycles. The van der Waals surface area contributed by atoms with Crippen LogP contribution in [0, 0.1) is 0 Å². The predicted octanol–water partition coefficient (Wildman–Crippen LogP) is 5.16. The van der Waals surface area contributed by atoms with Gasteiger partial charge >= 0.3 is 0 Å². The van der Waals surface area contributed by atoms with Crippen LogP contribution in [-0.2, 0) is 11.2 Å². The summed E-state index contributed by atoms with van der Waals surface area (Å²) in [4.78, 5) is 19.9. The number of carbonyl (C=O) groups excluding carboxylic acids is 1. The standard InChI is InChI=1S/C26H26ClN3O/c1-20(31)29-11-13-30(14-12-29)26-8-6-21(7-9-26)4-5-22-15-24(18-25(27)17-22)16-23-3-2-10-28-19-23/h2-10,15,17-19H,11-14,16H2,1H3/b5-4+. The van der Waals surface area contributed by atoms with Gasteiger partial charge in [0.15, 0.2) is 0 Å². The predicted molar refractivity (Wildman–Crippen MR) is 128 cm³/mol. The van der Waals surface area contributed by atoms with Crippen LogP contribution < -0.4 is 4.90 Å². The molecule has 0 N–H and O–H groups in total. The SMILES string of the molecule is CC(=O)N1CCN(c2ccc(/C=C/c3cc(Cl)cc(Cc4cccnc4)c3)cc2)CC1. The van der Waals surface area contributed by atoms with Crippen LogP contribution in [0.15, 0.2) is 67.0 Å². The van der Waals surface area contributed by atoms with E-state index in [1.807, 2.05) is 29.3 Å². The number of hydrogen-bond acceptors (Lipinski definition) is 3. The van der Waals surface area contributed by atoms with Gasteiger partial charge in [-0.15, -0.1) is 0 Å². The highest BCUT2D eigenvalue weighted by molar-refractivity contribution is 6.30. The topological polar surface area (TPSA) is 36.4 Å². The Morgan fingerprint density at radius 3 is 2.39 bits per heavy atom. The first-order valence-corrected chi connectivity index (χ1v) is 10.9. The van der Waals surface area contributed by atoms with Crippen molar-refractivity contribution < 1.29 is 4.79 Å². The molecule has 4 nitrogen and oxygen atoms in total. The maximum absolute atomic E-state index is 11.5. The second-order valence-corrected chi connectivity index (χ2v) is 8.29. The molecule has 1 aliphatic rings. The third kappa shape index (κ3) is 5.74. The Kier molecular flexibility index (Phi) is 6.68. The van der Waals surface area contributed by atoms with Crippen molar-refractivity contribution >= 4 is 35.3 Å². The third-order valence-corrected chi connectivity index (χ3v) is 5.78. The number of carbonyl (C=O) groups is 1. The average Bonchev–Trinajstić information content (AvgIpc) is 2.78. The van der Waals surface area contributed by atoms with Gasteiger partial charge in [-0.25, -0.2) is 0 Å². The number of piperazine rings is 1. The van der Waals surface area contributed by atoms with E-state index >= 15 is 0 Å². The molecular formula is C26H26ClN3O. The second-order valence-electron chi connectivity index (χ2n) is 7.85. The monoisotopic (exact) mass is 431 g/mol. The van der Waals surface area contributed by atoms with E-state index < -0.39 is 0 Å². The van der Waals surface area contributed by atoms with E-state index in [1.54, 1.807) is 13.1 Å². The van der Waals surface area contributed by atoms with Crippen molar-refractivity contribution in [2.24, 2.45) is 0 Å². The molecule has 0 atom stereocenters. The summed E-state index contributed by atoms with van der Waals surface area (Å²) in [6, 6.07) is 18.7. The molecule has 1 aromatic heterocycles. The van der Waals surface area contributed by atoms with Crippen molar-refractivity contribution in [1.29, 1.82) is 0 Å². The Morgan fingerprint density at radius 2 is 1.71 bits per heavy atom. The van der Waals surface area contributed by atoms with Gasteiger partial charge in [0, 0.05) is 56.2 Å². The lowest BCUT2D eigenvalue weighted by Gasteiger charge is -2.35. The van der Waals surface area contributed by atoms with Gasteiger partial charge in [0.05, 0.1) is 0 Å². The van der Waals surface area contributed by atoms with Crippen molar-refractivity contribution in [3.05, 3.63) is 94.3 Å². The van der Waals surface area contributed by atoms with Crippen LogP contribution in [0.4, 0.5) is 5.69 Å². The smallest absolute Gasteiger partial charge is 0.219 e. The van der Waals surface area contributed by atoms with Crippen molar-refractivity contribution in [3.63, 3.8) is 0 Å².